The number of hydrogen-bond donors (Lipinski definition) is 0. The van der Waals surface area contributed by atoms with E-state index in [0.717, 1.165) is 96.3 Å². The summed E-state index contributed by atoms with van der Waals surface area (Å²) < 4.78 is 16.6. The van der Waals surface area contributed by atoms with Crippen LogP contribution in [0.25, 0.3) is 0 Å². The zero-order valence-corrected chi connectivity index (χ0v) is 37.3. The number of unbranched alkanes of at least 4 members (excludes halogenated alkanes) is 21. The summed E-state index contributed by atoms with van der Waals surface area (Å²) in [7, 11) is 0. The Morgan fingerprint density at radius 2 is 0.684 bits per heavy atom. The van der Waals surface area contributed by atoms with Gasteiger partial charge in [-0.2, -0.15) is 0 Å². The zero-order valence-electron chi connectivity index (χ0n) is 37.3. The minimum atomic E-state index is -0.771. The van der Waals surface area contributed by atoms with E-state index in [1.54, 1.807) is 0 Å². The Morgan fingerprint density at radius 3 is 1.07 bits per heavy atom. The summed E-state index contributed by atoms with van der Waals surface area (Å²) in [6.45, 7) is 6.44. The van der Waals surface area contributed by atoms with Crippen LogP contribution in [-0.2, 0) is 28.6 Å². The van der Waals surface area contributed by atoms with E-state index in [4.69, 9.17) is 14.2 Å². The first-order valence-electron chi connectivity index (χ1n) is 23.8. The van der Waals surface area contributed by atoms with Crippen LogP contribution in [0.3, 0.4) is 0 Å². The van der Waals surface area contributed by atoms with E-state index in [1.165, 1.54) is 89.9 Å². The molecule has 0 amide bonds. The first-order chi connectivity index (χ1) is 28.0. The lowest BCUT2D eigenvalue weighted by molar-refractivity contribution is -0.167. The van der Waals surface area contributed by atoms with E-state index < -0.39 is 6.10 Å². The highest BCUT2D eigenvalue weighted by Crippen LogP contribution is 2.14. The molecular weight excluding hydrogens is 709 g/mol. The molecule has 0 aliphatic heterocycles. The molecule has 0 aliphatic rings. The normalized spacial score (nSPS) is 12.5. The highest BCUT2D eigenvalue weighted by molar-refractivity contribution is 5.71. The molecule has 57 heavy (non-hydrogen) atoms. The summed E-state index contributed by atoms with van der Waals surface area (Å²) in [5, 5.41) is 0. The number of carbonyl (C=O) groups is 3. The van der Waals surface area contributed by atoms with Crippen LogP contribution in [0, 0.1) is 0 Å². The van der Waals surface area contributed by atoms with Crippen LogP contribution in [0.5, 0.6) is 0 Å². The highest BCUT2D eigenvalue weighted by atomic mass is 16.6. The third kappa shape index (κ3) is 44.1. The van der Waals surface area contributed by atoms with Crippen molar-refractivity contribution in [2.75, 3.05) is 13.2 Å². The average molecular weight is 797 g/mol. The van der Waals surface area contributed by atoms with E-state index in [-0.39, 0.29) is 31.1 Å². The predicted molar refractivity (Wildman–Crippen MR) is 242 cm³/mol. The number of carbonyl (C=O) groups excluding carboxylic acids is 3. The fraction of sp³-hybridized carbons (Fsp3) is 0.745. The van der Waals surface area contributed by atoms with Gasteiger partial charge in [0.2, 0.25) is 0 Å². The van der Waals surface area contributed by atoms with Gasteiger partial charge in [-0.05, 0) is 64.2 Å². The Labute approximate surface area is 351 Å². The third-order valence-corrected chi connectivity index (χ3v) is 10.0. The fourth-order valence-electron chi connectivity index (χ4n) is 6.47. The van der Waals surface area contributed by atoms with Crippen molar-refractivity contribution in [1.82, 2.24) is 0 Å². The van der Waals surface area contributed by atoms with Crippen LogP contribution in [-0.4, -0.2) is 37.2 Å². The third-order valence-electron chi connectivity index (χ3n) is 10.0. The molecule has 0 aromatic carbocycles. The SMILES string of the molecule is CC/C=C\C/C=C\C/C=C\C/C=C\C/C=C\CCCCCCCCCC(=O)OCC(COC(=O)CCCCCCCCC)OC(=O)CCCCCCCCCCC. The van der Waals surface area contributed by atoms with Gasteiger partial charge in [0.05, 0.1) is 0 Å². The van der Waals surface area contributed by atoms with Crippen molar-refractivity contribution in [2.24, 2.45) is 0 Å². The lowest BCUT2D eigenvalue weighted by Gasteiger charge is -2.18. The smallest absolute Gasteiger partial charge is 0.306 e. The first kappa shape index (κ1) is 54.1. The molecule has 0 saturated carbocycles. The van der Waals surface area contributed by atoms with E-state index in [0.29, 0.717) is 19.3 Å². The van der Waals surface area contributed by atoms with Gasteiger partial charge < -0.3 is 14.2 Å². The number of ether oxygens (including phenoxy) is 3. The van der Waals surface area contributed by atoms with Gasteiger partial charge >= 0.3 is 17.9 Å². The van der Waals surface area contributed by atoms with Gasteiger partial charge in [0.25, 0.3) is 0 Å². The van der Waals surface area contributed by atoms with E-state index >= 15 is 0 Å². The average Bonchev–Trinajstić information content (AvgIpc) is 3.21. The van der Waals surface area contributed by atoms with Crippen molar-refractivity contribution < 1.29 is 28.6 Å². The maximum Gasteiger partial charge on any atom is 0.306 e. The van der Waals surface area contributed by atoms with Crippen molar-refractivity contribution >= 4 is 17.9 Å². The predicted octanol–water partition coefficient (Wildman–Crippen LogP) is 15.3. The lowest BCUT2D eigenvalue weighted by Crippen LogP contribution is -2.30. The second-order valence-electron chi connectivity index (χ2n) is 15.6. The Hall–Kier alpha value is -2.89. The Morgan fingerprint density at radius 1 is 0.368 bits per heavy atom. The molecule has 6 nitrogen and oxygen atoms in total. The van der Waals surface area contributed by atoms with Crippen molar-refractivity contribution in [1.29, 1.82) is 0 Å². The number of rotatable bonds is 42. The summed E-state index contributed by atoms with van der Waals surface area (Å²) in [6, 6.07) is 0. The van der Waals surface area contributed by atoms with E-state index in [2.05, 4.69) is 81.5 Å². The minimum absolute atomic E-state index is 0.0762. The molecule has 0 heterocycles. The van der Waals surface area contributed by atoms with E-state index in [1.807, 2.05) is 0 Å². The topological polar surface area (TPSA) is 78.9 Å². The molecule has 0 N–H and O–H groups in total. The molecule has 0 aliphatic carbocycles. The van der Waals surface area contributed by atoms with Gasteiger partial charge in [0.1, 0.15) is 13.2 Å². The molecule has 328 valence electrons. The van der Waals surface area contributed by atoms with Gasteiger partial charge in [0.15, 0.2) is 6.10 Å². The molecule has 0 aromatic heterocycles. The highest BCUT2D eigenvalue weighted by Gasteiger charge is 2.19. The molecule has 1 unspecified atom stereocenters. The zero-order chi connectivity index (χ0) is 41.5. The number of esters is 3. The van der Waals surface area contributed by atoms with Gasteiger partial charge in [-0.15, -0.1) is 0 Å². The Bertz CT molecular complexity index is 1050. The maximum atomic E-state index is 12.6. The minimum Gasteiger partial charge on any atom is -0.462 e. The standard InChI is InChI=1S/C51H88O6/c1-4-7-10-13-16-18-19-20-21-22-23-24-25-26-27-28-29-30-31-33-35-38-41-44-50(53)56-47-48(46-55-49(52)43-40-37-34-15-12-9-6-3)57-51(54)45-42-39-36-32-17-14-11-8-5-2/h7,10,16,18,20-21,23-24,26-27,48H,4-6,8-9,11-15,17,19,22,25,28-47H2,1-3H3/b10-7-,18-16-,21-20-,24-23-,27-26-. The molecule has 0 bridgehead atoms. The maximum absolute atomic E-state index is 12.6. The molecule has 0 rings (SSSR count). The van der Waals surface area contributed by atoms with Crippen molar-refractivity contribution in [3.8, 4) is 0 Å². The second kappa shape index (κ2) is 45.8. The summed E-state index contributed by atoms with van der Waals surface area (Å²) in [6.07, 6.45) is 55.1. The largest absolute Gasteiger partial charge is 0.462 e. The summed E-state index contributed by atoms with van der Waals surface area (Å²) >= 11 is 0. The van der Waals surface area contributed by atoms with Crippen LogP contribution >= 0.6 is 0 Å². The second-order valence-corrected chi connectivity index (χ2v) is 15.6. The fourth-order valence-corrected chi connectivity index (χ4v) is 6.47. The van der Waals surface area contributed by atoms with E-state index in [9.17, 15) is 14.4 Å². The summed E-state index contributed by atoms with van der Waals surface area (Å²) in [4.78, 5) is 37.6. The molecule has 0 aromatic rings. The number of hydrogen-bond acceptors (Lipinski definition) is 6. The van der Waals surface area contributed by atoms with Gasteiger partial charge in [-0.3, -0.25) is 14.4 Å². The van der Waals surface area contributed by atoms with Crippen LogP contribution < -0.4 is 0 Å². The van der Waals surface area contributed by atoms with Crippen LogP contribution in [0.4, 0.5) is 0 Å². The van der Waals surface area contributed by atoms with Crippen LogP contribution in [0.1, 0.15) is 226 Å². The first-order valence-corrected chi connectivity index (χ1v) is 23.8. The summed E-state index contributed by atoms with van der Waals surface area (Å²) in [5.41, 5.74) is 0. The quantitative estimate of drug-likeness (QED) is 0.0265. The van der Waals surface area contributed by atoms with Crippen LogP contribution in [0.2, 0.25) is 0 Å². The molecule has 1 atom stereocenters. The van der Waals surface area contributed by atoms with Gasteiger partial charge in [0, 0.05) is 19.3 Å². The molecule has 6 heteroatoms. The lowest BCUT2D eigenvalue weighted by atomic mass is 10.1. The molecule has 0 radical (unpaired) electrons. The van der Waals surface area contributed by atoms with Crippen molar-refractivity contribution in [2.45, 2.75) is 232 Å². The van der Waals surface area contributed by atoms with Crippen molar-refractivity contribution in [3.05, 3.63) is 60.8 Å². The van der Waals surface area contributed by atoms with Gasteiger partial charge in [-0.25, -0.2) is 0 Å². The van der Waals surface area contributed by atoms with Gasteiger partial charge in [-0.1, -0.05) is 204 Å². The number of allylic oxidation sites excluding steroid dienone is 10. The molecular formula is C51H88O6. The molecule has 0 saturated heterocycles. The van der Waals surface area contributed by atoms with Crippen LogP contribution in [0.15, 0.2) is 60.8 Å². The van der Waals surface area contributed by atoms with Crippen molar-refractivity contribution in [3.63, 3.8) is 0 Å². The summed E-state index contributed by atoms with van der Waals surface area (Å²) in [5.74, 6) is -0.898. The molecule has 0 fully saturated rings. The molecule has 0 spiro atoms. The monoisotopic (exact) mass is 797 g/mol. The Kier molecular flexibility index (Phi) is 43.5. The Balaban J connectivity index is 4.18.